The number of nitrogens with zero attached hydrogens (tertiary/aromatic N) is 1. The van der Waals surface area contributed by atoms with E-state index in [1.807, 2.05) is 32.0 Å². The molecule has 0 aliphatic rings. The molecule has 0 saturated heterocycles. The van der Waals surface area contributed by atoms with Crippen LogP contribution in [0.4, 0.5) is 5.82 Å². The molecule has 0 fully saturated rings. The van der Waals surface area contributed by atoms with Crippen molar-refractivity contribution >= 4 is 5.82 Å². The van der Waals surface area contributed by atoms with Crippen LogP contribution in [-0.2, 0) is 4.74 Å². The number of hydrogen-bond acceptors (Lipinski definition) is 3. The van der Waals surface area contributed by atoms with Crippen molar-refractivity contribution in [1.82, 2.24) is 4.98 Å². The van der Waals surface area contributed by atoms with Gasteiger partial charge in [0, 0.05) is 19.3 Å². The summed E-state index contributed by atoms with van der Waals surface area (Å²) in [5, 5.41) is 3.20. The molecule has 3 nitrogen and oxygen atoms in total. The van der Waals surface area contributed by atoms with Crippen LogP contribution in [0.15, 0.2) is 18.2 Å². The fourth-order valence-electron chi connectivity index (χ4n) is 0.973. The van der Waals surface area contributed by atoms with Gasteiger partial charge >= 0.3 is 0 Å². The number of methoxy groups -OCH3 is 1. The minimum atomic E-state index is 0.210. The summed E-state index contributed by atoms with van der Waals surface area (Å²) >= 11 is 0. The zero-order chi connectivity index (χ0) is 9.68. The Hall–Kier alpha value is -1.09. The normalized spacial score (nSPS) is 12.5. The third-order valence-corrected chi connectivity index (χ3v) is 1.86. The van der Waals surface area contributed by atoms with E-state index < -0.39 is 0 Å². The average Bonchev–Trinajstić information content (AvgIpc) is 2.14. The topological polar surface area (TPSA) is 34.1 Å². The van der Waals surface area contributed by atoms with Crippen LogP contribution in [0, 0.1) is 6.92 Å². The van der Waals surface area contributed by atoms with Crippen LogP contribution < -0.4 is 5.32 Å². The van der Waals surface area contributed by atoms with Gasteiger partial charge < -0.3 is 10.1 Å². The summed E-state index contributed by atoms with van der Waals surface area (Å²) in [5.74, 6) is 0.906. The fraction of sp³-hybridized carbons (Fsp3) is 0.500. The Morgan fingerprint density at radius 1 is 1.54 bits per heavy atom. The third-order valence-electron chi connectivity index (χ3n) is 1.86. The number of aryl methyl sites for hydroxylation is 1. The van der Waals surface area contributed by atoms with Gasteiger partial charge in [0.15, 0.2) is 0 Å². The molecule has 0 spiro atoms. The molecule has 1 aromatic rings. The summed E-state index contributed by atoms with van der Waals surface area (Å²) in [6.07, 6.45) is 0.210. The summed E-state index contributed by atoms with van der Waals surface area (Å²) in [7, 11) is 1.70. The highest BCUT2D eigenvalue weighted by Gasteiger charge is 1.99. The van der Waals surface area contributed by atoms with E-state index in [1.165, 1.54) is 0 Å². The van der Waals surface area contributed by atoms with Crippen LogP contribution in [-0.4, -0.2) is 24.7 Å². The van der Waals surface area contributed by atoms with Crippen LogP contribution in [0.2, 0.25) is 0 Å². The number of aromatic nitrogens is 1. The lowest BCUT2D eigenvalue weighted by Crippen LogP contribution is -2.18. The zero-order valence-electron chi connectivity index (χ0n) is 8.37. The Bertz CT molecular complexity index is 263. The van der Waals surface area contributed by atoms with Gasteiger partial charge in [-0.3, -0.25) is 0 Å². The molecule has 0 aliphatic heterocycles. The lowest BCUT2D eigenvalue weighted by molar-refractivity contribution is 0.128. The van der Waals surface area contributed by atoms with E-state index in [1.54, 1.807) is 7.11 Å². The number of nitrogens with one attached hydrogen (secondary N) is 1. The third kappa shape index (κ3) is 3.42. The number of anilines is 1. The first kappa shape index (κ1) is 9.99. The van der Waals surface area contributed by atoms with Crippen molar-refractivity contribution in [3.05, 3.63) is 23.9 Å². The summed E-state index contributed by atoms with van der Waals surface area (Å²) in [4.78, 5) is 4.31. The van der Waals surface area contributed by atoms with E-state index in [4.69, 9.17) is 4.74 Å². The van der Waals surface area contributed by atoms with Crippen LogP contribution in [0.1, 0.15) is 12.6 Å². The molecule has 72 valence electrons. The molecule has 0 radical (unpaired) electrons. The molecule has 3 heteroatoms. The van der Waals surface area contributed by atoms with Crippen molar-refractivity contribution in [3.63, 3.8) is 0 Å². The Morgan fingerprint density at radius 3 is 2.92 bits per heavy atom. The maximum Gasteiger partial charge on any atom is 0.126 e. The van der Waals surface area contributed by atoms with E-state index in [2.05, 4.69) is 10.3 Å². The Kier molecular flexibility index (Phi) is 3.71. The van der Waals surface area contributed by atoms with Gasteiger partial charge in [-0.25, -0.2) is 4.98 Å². The van der Waals surface area contributed by atoms with Crippen LogP contribution in [0.5, 0.6) is 0 Å². The molecule has 0 bridgehead atoms. The lowest BCUT2D eigenvalue weighted by Gasteiger charge is -2.11. The Morgan fingerprint density at radius 2 is 2.31 bits per heavy atom. The monoisotopic (exact) mass is 180 g/mol. The van der Waals surface area contributed by atoms with E-state index in [0.717, 1.165) is 18.1 Å². The molecular weight excluding hydrogens is 164 g/mol. The van der Waals surface area contributed by atoms with Crippen molar-refractivity contribution in [1.29, 1.82) is 0 Å². The summed E-state index contributed by atoms with van der Waals surface area (Å²) in [6, 6.07) is 5.92. The molecule has 1 N–H and O–H groups in total. The second kappa shape index (κ2) is 4.82. The second-order valence-corrected chi connectivity index (χ2v) is 3.09. The lowest BCUT2D eigenvalue weighted by atomic mass is 10.3. The van der Waals surface area contributed by atoms with Gasteiger partial charge in [0.1, 0.15) is 5.82 Å². The second-order valence-electron chi connectivity index (χ2n) is 3.09. The van der Waals surface area contributed by atoms with Crippen molar-refractivity contribution in [2.75, 3.05) is 19.0 Å². The Balaban J connectivity index is 2.45. The standard InChI is InChI=1S/C10H16N2O/c1-8-5-4-6-10(12-8)11-7-9(2)13-3/h4-6,9H,7H2,1-3H3,(H,11,12). The molecule has 1 atom stereocenters. The van der Waals surface area contributed by atoms with Crippen molar-refractivity contribution in [2.24, 2.45) is 0 Å². The minimum absolute atomic E-state index is 0.210. The summed E-state index contributed by atoms with van der Waals surface area (Å²) < 4.78 is 5.11. The van der Waals surface area contributed by atoms with Gasteiger partial charge in [0.05, 0.1) is 6.10 Å². The van der Waals surface area contributed by atoms with Gasteiger partial charge in [0.25, 0.3) is 0 Å². The smallest absolute Gasteiger partial charge is 0.126 e. The van der Waals surface area contributed by atoms with Crippen molar-refractivity contribution < 1.29 is 4.74 Å². The molecule has 0 aromatic carbocycles. The first-order valence-electron chi connectivity index (χ1n) is 4.42. The fourth-order valence-corrected chi connectivity index (χ4v) is 0.973. The highest BCUT2D eigenvalue weighted by atomic mass is 16.5. The predicted molar refractivity (Wildman–Crippen MR) is 53.9 cm³/mol. The zero-order valence-corrected chi connectivity index (χ0v) is 8.37. The van der Waals surface area contributed by atoms with Crippen molar-refractivity contribution in [3.8, 4) is 0 Å². The highest BCUT2D eigenvalue weighted by Crippen LogP contribution is 2.03. The van der Waals surface area contributed by atoms with Crippen LogP contribution in [0.3, 0.4) is 0 Å². The van der Waals surface area contributed by atoms with Gasteiger partial charge in [0.2, 0.25) is 0 Å². The van der Waals surface area contributed by atoms with E-state index in [0.29, 0.717) is 0 Å². The molecule has 0 saturated carbocycles. The molecule has 13 heavy (non-hydrogen) atoms. The predicted octanol–water partition coefficient (Wildman–Crippen LogP) is 1.84. The molecule has 0 amide bonds. The molecule has 1 heterocycles. The minimum Gasteiger partial charge on any atom is -0.380 e. The van der Waals surface area contributed by atoms with Crippen LogP contribution in [0.25, 0.3) is 0 Å². The van der Waals surface area contributed by atoms with E-state index >= 15 is 0 Å². The quantitative estimate of drug-likeness (QED) is 0.767. The molecule has 1 unspecified atom stereocenters. The largest absolute Gasteiger partial charge is 0.380 e. The van der Waals surface area contributed by atoms with Gasteiger partial charge in [-0.1, -0.05) is 6.07 Å². The van der Waals surface area contributed by atoms with Crippen molar-refractivity contribution in [2.45, 2.75) is 20.0 Å². The number of hydrogen-bond donors (Lipinski definition) is 1. The Labute approximate surface area is 79.1 Å². The molecule has 0 aliphatic carbocycles. The molecule has 1 rings (SSSR count). The van der Waals surface area contributed by atoms with E-state index in [9.17, 15) is 0 Å². The SMILES string of the molecule is COC(C)CNc1cccc(C)n1. The first-order chi connectivity index (χ1) is 6.22. The highest BCUT2D eigenvalue weighted by molar-refractivity contribution is 5.34. The maximum atomic E-state index is 5.11. The number of rotatable bonds is 4. The van der Waals surface area contributed by atoms with E-state index in [-0.39, 0.29) is 6.10 Å². The van der Waals surface area contributed by atoms with Crippen LogP contribution >= 0.6 is 0 Å². The first-order valence-corrected chi connectivity index (χ1v) is 4.42. The average molecular weight is 180 g/mol. The number of pyridine rings is 1. The number of ether oxygens (including phenoxy) is 1. The maximum absolute atomic E-state index is 5.11. The van der Waals surface area contributed by atoms with Gasteiger partial charge in [-0.05, 0) is 26.0 Å². The summed E-state index contributed by atoms with van der Waals surface area (Å²) in [5.41, 5.74) is 1.02. The summed E-state index contributed by atoms with van der Waals surface area (Å²) in [6.45, 7) is 4.78. The van der Waals surface area contributed by atoms with Gasteiger partial charge in [-0.2, -0.15) is 0 Å². The molecule has 1 aromatic heterocycles. The molecular formula is C10H16N2O. The van der Waals surface area contributed by atoms with Gasteiger partial charge in [-0.15, -0.1) is 0 Å².